The quantitative estimate of drug-likeness (QED) is 0.635. The van der Waals surface area contributed by atoms with Crippen LogP contribution in [0.5, 0.6) is 0 Å². The summed E-state index contributed by atoms with van der Waals surface area (Å²) < 4.78 is 0. The van der Waals surface area contributed by atoms with E-state index in [2.05, 4.69) is 5.32 Å². The van der Waals surface area contributed by atoms with Gasteiger partial charge in [0, 0.05) is 24.2 Å². The average molecular weight is 355 g/mol. The second kappa shape index (κ2) is 7.41. The number of carbonyl (C=O) groups is 1. The van der Waals surface area contributed by atoms with Gasteiger partial charge in [-0.2, -0.15) is 0 Å². The molecule has 0 saturated heterocycles. The fraction of sp³-hybridized carbons (Fsp3) is 0.133. The molecule has 0 spiro atoms. The summed E-state index contributed by atoms with van der Waals surface area (Å²) >= 11 is 11.6. The SMILES string of the molecule is O=C(NCC(O)c1ccc([N+](=O)[O-])cc1)c1ccc(Cl)c(Cl)c1. The Labute approximate surface area is 141 Å². The Morgan fingerprint density at radius 1 is 1.17 bits per heavy atom. The molecule has 0 aliphatic carbocycles. The lowest BCUT2D eigenvalue weighted by Gasteiger charge is -2.12. The Bertz CT molecular complexity index is 735. The van der Waals surface area contributed by atoms with Crippen LogP contribution >= 0.6 is 23.2 Å². The van der Waals surface area contributed by atoms with Crippen molar-refractivity contribution in [3.05, 3.63) is 73.8 Å². The molecule has 1 amide bonds. The molecule has 23 heavy (non-hydrogen) atoms. The van der Waals surface area contributed by atoms with Crippen LogP contribution in [0.4, 0.5) is 5.69 Å². The summed E-state index contributed by atoms with van der Waals surface area (Å²) in [5, 5.41) is 23.7. The number of nitro groups is 1. The summed E-state index contributed by atoms with van der Waals surface area (Å²) in [6.45, 7) is -0.0448. The second-order valence-corrected chi connectivity index (χ2v) is 5.52. The number of rotatable bonds is 5. The van der Waals surface area contributed by atoms with E-state index >= 15 is 0 Å². The fourth-order valence-electron chi connectivity index (χ4n) is 1.86. The summed E-state index contributed by atoms with van der Waals surface area (Å²) in [4.78, 5) is 22.0. The number of carbonyl (C=O) groups excluding carboxylic acids is 1. The lowest BCUT2D eigenvalue weighted by atomic mass is 10.1. The zero-order valence-electron chi connectivity index (χ0n) is 11.7. The van der Waals surface area contributed by atoms with Gasteiger partial charge in [-0.3, -0.25) is 14.9 Å². The topological polar surface area (TPSA) is 92.5 Å². The van der Waals surface area contributed by atoms with Gasteiger partial charge in [-0.1, -0.05) is 23.2 Å². The maximum Gasteiger partial charge on any atom is 0.269 e. The predicted octanol–water partition coefficient (Wildman–Crippen LogP) is 3.37. The number of non-ortho nitro benzene ring substituents is 1. The molecule has 0 heterocycles. The highest BCUT2D eigenvalue weighted by molar-refractivity contribution is 6.42. The Hall–Kier alpha value is -2.15. The molecular formula is C15H12Cl2N2O4. The molecule has 0 bridgehead atoms. The number of aliphatic hydroxyl groups excluding tert-OH is 1. The van der Waals surface area contributed by atoms with Crippen LogP contribution in [0.25, 0.3) is 0 Å². The van der Waals surface area contributed by atoms with Crippen LogP contribution in [0.2, 0.25) is 10.0 Å². The first-order valence-corrected chi connectivity index (χ1v) is 7.29. The third-order valence-electron chi connectivity index (χ3n) is 3.13. The van der Waals surface area contributed by atoms with Gasteiger partial charge in [0.25, 0.3) is 11.6 Å². The average Bonchev–Trinajstić information content (AvgIpc) is 2.54. The van der Waals surface area contributed by atoms with Crippen molar-refractivity contribution in [2.75, 3.05) is 6.54 Å². The predicted molar refractivity (Wildman–Crippen MR) is 86.9 cm³/mol. The van der Waals surface area contributed by atoms with E-state index in [1.54, 1.807) is 0 Å². The Kier molecular flexibility index (Phi) is 5.54. The number of aliphatic hydroxyl groups is 1. The van der Waals surface area contributed by atoms with E-state index in [-0.39, 0.29) is 17.3 Å². The maximum atomic E-state index is 12.0. The van der Waals surface area contributed by atoms with Gasteiger partial charge in [0.1, 0.15) is 0 Å². The molecule has 0 aliphatic rings. The van der Waals surface area contributed by atoms with Gasteiger partial charge >= 0.3 is 0 Å². The van der Waals surface area contributed by atoms with Crippen LogP contribution in [0, 0.1) is 10.1 Å². The summed E-state index contributed by atoms with van der Waals surface area (Å²) in [6.07, 6.45) is -0.984. The number of halogens is 2. The van der Waals surface area contributed by atoms with Crippen molar-refractivity contribution in [1.29, 1.82) is 0 Å². The van der Waals surface area contributed by atoms with Gasteiger partial charge in [-0.25, -0.2) is 0 Å². The molecule has 6 nitrogen and oxygen atoms in total. The third kappa shape index (κ3) is 4.41. The number of nitrogens with one attached hydrogen (secondary N) is 1. The first-order valence-electron chi connectivity index (χ1n) is 6.54. The molecule has 2 rings (SSSR count). The maximum absolute atomic E-state index is 12.0. The van der Waals surface area contributed by atoms with Gasteiger partial charge in [-0.05, 0) is 35.9 Å². The van der Waals surface area contributed by atoms with E-state index in [1.165, 1.54) is 42.5 Å². The summed E-state index contributed by atoms with van der Waals surface area (Å²) in [5.74, 6) is -0.412. The number of hydrogen-bond acceptors (Lipinski definition) is 4. The highest BCUT2D eigenvalue weighted by Gasteiger charge is 2.13. The number of amides is 1. The molecule has 0 radical (unpaired) electrons. The van der Waals surface area contributed by atoms with E-state index in [4.69, 9.17) is 23.2 Å². The molecule has 0 aliphatic heterocycles. The van der Waals surface area contributed by atoms with Gasteiger partial charge < -0.3 is 10.4 Å². The van der Waals surface area contributed by atoms with Crippen LogP contribution in [0.3, 0.4) is 0 Å². The van der Waals surface area contributed by atoms with Crippen LogP contribution in [-0.4, -0.2) is 22.5 Å². The number of benzene rings is 2. The standard InChI is InChI=1S/C15H12Cl2N2O4/c16-12-6-3-10(7-13(12)17)15(21)18-8-14(20)9-1-4-11(5-2-9)19(22)23/h1-7,14,20H,8H2,(H,18,21). The second-order valence-electron chi connectivity index (χ2n) is 4.70. The van der Waals surface area contributed by atoms with Gasteiger partial charge in [0.15, 0.2) is 0 Å². The molecule has 1 unspecified atom stereocenters. The van der Waals surface area contributed by atoms with Crippen LogP contribution in [0.15, 0.2) is 42.5 Å². The minimum absolute atomic E-state index is 0.0448. The number of nitro benzene ring substituents is 1. The lowest BCUT2D eigenvalue weighted by Crippen LogP contribution is -2.28. The van der Waals surface area contributed by atoms with Crippen molar-refractivity contribution in [3.8, 4) is 0 Å². The first kappa shape index (κ1) is 17.2. The number of nitrogens with zero attached hydrogens (tertiary/aromatic N) is 1. The summed E-state index contributed by atoms with van der Waals surface area (Å²) in [5.41, 5.74) is 0.709. The molecule has 120 valence electrons. The summed E-state index contributed by atoms with van der Waals surface area (Å²) in [7, 11) is 0. The highest BCUT2D eigenvalue weighted by Crippen LogP contribution is 2.22. The van der Waals surface area contributed by atoms with Gasteiger partial charge in [0.2, 0.25) is 0 Å². The molecule has 2 aromatic rings. The van der Waals surface area contributed by atoms with Crippen LogP contribution in [0.1, 0.15) is 22.0 Å². The molecule has 8 heteroatoms. The highest BCUT2D eigenvalue weighted by atomic mass is 35.5. The van der Waals surface area contributed by atoms with Crippen LogP contribution in [-0.2, 0) is 0 Å². The number of hydrogen-bond donors (Lipinski definition) is 2. The van der Waals surface area contributed by atoms with Gasteiger partial charge in [0.05, 0.1) is 21.1 Å². The summed E-state index contributed by atoms with van der Waals surface area (Å²) in [6, 6.07) is 9.91. The Morgan fingerprint density at radius 2 is 1.83 bits per heavy atom. The van der Waals surface area contributed by atoms with Crippen molar-refractivity contribution in [1.82, 2.24) is 5.32 Å². The van der Waals surface area contributed by atoms with Crippen molar-refractivity contribution >= 4 is 34.8 Å². The lowest BCUT2D eigenvalue weighted by molar-refractivity contribution is -0.384. The normalized spacial score (nSPS) is 11.8. The minimum atomic E-state index is -0.984. The van der Waals surface area contributed by atoms with E-state index in [0.717, 1.165) is 0 Å². The zero-order valence-corrected chi connectivity index (χ0v) is 13.2. The van der Waals surface area contributed by atoms with E-state index in [0.29, 0.717) is 16.1 Å². The smallest absolute Gasteiger partial charge is 0.269 e. The fourth-order valence-corrected chi connectivity index (χ4v) is 2.16. The first-order chi connectivity index (χ1) is 10.9. The van der Waals surface area contributed by atoms with Crippen LogP contribution < -0.4 is 5.32 Å². The Balaban J connectivity index is 1.97. The van der Waals surface area contributed by atoms with Crippen molar-refractivity contribution < 1.29 is 14.8 Å². The molecule has 0 fully saturated rings. The Morgan fingerprint density at radius 3 is 2.39 bits per heavy atom. The van der Waals surface area contributed by atoms with Gasteiger partial charge in [-0.15, -0.1) is 0 Å². The largest absolute Gasteiger partial charge is 0.387 e. The minimum Gasteiger partial charge on any atom is -0.387 e. The third-order valence-corrected chi connectivity index (χ3v) is 3.87. The van der Waals surface area contributed by atoms with E-state index in [9.17, 15) is 20.0 Å². The molecule has 0 saturated carbocycles. The molecule has 1 atom stereocenters. The molecular weight excluding hydrogens is 343 g/mol. The molecule has 0 aromatic heterocycles. The van der Waals surface area contributed by atoms with E-state index < -0.39 is 16.9 Å². The van der Waals surface area contributed by atoms with E-state index in [1.807, 2.05) is 0 Å². The molecule has 2 N–H and O–H groups in total. The zero-order chi connectivity index (χ0) is 17.0. The van der Waals surface area contributed by atoms with Crippen molar-refractivity contribution in [3.63, 3.8) is 0 Å². The van der Waals surface area contributed by atoms with Crippen molar-refractivity contribution in [2.24, 2.45) is 0 Å². The molecule has 2 aromatic carbocycles. The monoisotopic (exact) mass is 354 g/mol. The van der Waals surface area contributed by atoms with Crippen molar-refractivity contribution in [2.45, 2.75) is 6.10 Å².